The van der Waals surface area contributed by atoms with E-state index in [2.05, 4.69) is 4.99 Å². The van der Waals surface area contributed by atoms with Gasteiger partial charge in [-0.3, -0.25) is 4.99 Å². The molecule has 0 bridgehead atoms. The van der Waals surface area contributed by atoms with Gasteiger partial charge in [-0.1, -0.05) is 30.3 Å². The van der Waals surface area contributed by atoms with E-state index in [9.17, 15) is 5.11 Å². The Kier molecular flexibility index (Phi) is 3.40. The van der Waals surface area contributed by atoms with Gasteiger partial charge in [0.15, 0.2) is 0 Å². The number of aliphatic imine (C=N–C) groups is 1. The fraction of sp³-hybridized carbons (Fsp3) is 0.214. The molecule has 0 aliphatic carbocycles. The second kappa shape index (κ2) is 4.97. The molecule has 0 heterocycles. The summed E-state index contributed by atoms with van der Waals surface area (Å²) >= 11 is 0. The van der Waals surface area contributed by atoms with Crippen LogP contribution in [0.3, 0.4) is 0 Å². The number of aromatic hydroxyl groups is 1. The zero-order chi connectivity index (χ0) is 12.3. The Hall–Kier alpha value is -1.87. The maximum Gasteiger partial charge on any atom is 0.124 e. The van der Waals surface area contributed by atoms with Gasteiger partial charge in [0, 0.05) is 17.8 Å². The Morgan fingerprint density at radius 2 is 2.06 bits per heavy atom. The average Bonchev–Trinajstić information content (AvgIpc) is 2.32. The van der Waals surface area contributed by atoms with E-state index >= 15 is 0 Å². The molecule has 0 fully saturated rings. The Morgan fingerprint density at radius 3 is 2.82 bits per heavy atom. The molecule has 2 aromatic carbocycles. The summed E-state index contributed by atoms with van der Waals surface area (Å²) in [6, 6.07) is 11.5. The largest absolute Gasteiger partial charge is 0.507 e. The van der Waals surface area contributed by atoms with Gasteiger partial charge in [0.05, 0.1) is 6.54 Å². The minimum Gasteiger partial charge on any atom is -0.507 e. The third-order valence-corrected chi connectivity index (χ3v) is 2.56. The number of fused-ring (bicyclic) bond motifs is 1. The number of hydrogen-bond donors (Lipinski definition) is 2. The standard InChI is InChI=1S/C14H16N2O/c1-10(15)8-16-9-13-12-5-3-2-4-11(12)6-7-14(13)17/h2-7,9-10,17H,8,15H2,1H3/t10-/m1/s1. The molecule has 2 aromatic rings. The number of nitrogens with zero attached hydrogens (tertiary/aromatic N) is 1. The third-order valence-electron chi connectivity index (χ3n) is 2.56. The first-order valence-electron chi connectivity index (χ1n) is 5.64. The highest BCUT2D eigenvalue weighted by Gasteiger charge is 2.03. The molecule has 3 nitrogen and oxygen atoms in total. The second-order valence-corrected chi connectivity index (χ2v) is 4.19. The van der Waals surface area contributed by atoms with Crippen molar-refractivity contribution in [2.75, 3.05) is 6.54 Å². The van der Waals surface area contributed by atoms with E-state index in [1.807, 2.05) is 37.3 Å². The molecule has 88 valence electrons. The predicted molar refractivity (Wildman–Crippen MR) is 71.7 cm³/mol. The van der Waals surface area contributed by atoms with Crippen molar-refractivity contribution in [1.29, 1.82) is 0 Å². The topological polar surface area (TPSA) is 58.6 Å². The number of hydrogen-bond acceptors (Lipinski definition) is 3. The van der Waals surface area contributed by atoms with Crippen LogP contribution >= 0.6 is 0 Å². The number of benzene rings is 2. The minimum absolute atomic E-state index is 0.0309. The number of phenols is 1. The second-order valence-electron chi connectivity index (χ2n) is 4.19. The van der Waals surface area contributed by atoms with Crippen LogP contribution in [0.2, 0.25) is 0 Å². The van der Waals surface area contributed by atoms with E-state index in [1.165, 1.54) is 0 Å². The van der Waals surface area contributed by atoms with E-state index in [0.29, 0.717) is 6.54 Å². The molecular weight excluding hydrogens is 212 g/mol. The van der Waals surface area contributed by atoms with Gasteiger partial charge < -0.3 is 10.8 Å². The van der Waals surface area contributed by atoms with Crippen molar-refractivity contribution in [1.82, 2.24) is 0 Å². The van der Waals surface area contributed by atoms with Crippen LogP contribution in [0.4, 0.5) is 0 Å². The highest BCUT2D eigenvalue weighted by Crippen LogP contribution is 2.25. The van der Waals surface area contributed by atoms with E-state index in [1.54, 1.807) is 12.3 Å². The van der Waals surface area contributed by atoms with E-state index in [0.717, 1.165) is 16.3 Å². The number of phenolic OH excluding ortho intramolecular Hbond substituents is 1. The van der Waals surface area contributed by atoms with Crippen molar-refractivity contribution in [2.45, 2.75) is 13.0 Å². The monoisotopic (exact) mass is 228 g/mol. The molecule has 3 N–H and O–H groups in total. The SMILES string of the molecule is C[C@@H](N)CN=Cc1c(O)ccc2ccccc12. The highest BCUT2D eigenvalue weighted by molar-refractivity contribution is 6.02. The van der Waals surface area contributed by atoms with Crippen LogP contribution in [0.5, 0.6) is 5.75 Å². The summed E-state index contributed by atoms with van der Waals surface area (Å²) in [5.41, 5.74) is 6.38. The zero-order valence-electron chi connectivity index (χ0n) is 9.80. The molecule has 1 atom stereocenters. The summed E-state index contributed by atoms with van der Waals surface area (Å²) in [5.74, 6) is 0.247. The lowest BCUT2D eigenvalue weighted by Crippen LogP contribution is -2.18. The quantitative estimate of drug-likeness (QED) is 0.792. The zero-order valence-corrected chi connectivity index (χ0v) is 9.80. The van der Waals surface area contributed by atoms with Gasteiger partial charge in [-0.05, 0) is 23.8 Å². The smallest absolute Gasteiger partial charge is 0.124 e. The first kappa shape index (κ1) is 11.6. The number of rotatable bonds is 3. The molecule has 0 amide bonds. The lowest BCUT2D eigenvalue weighted by Gasteiger charge is -2.05. The van der Waals surface area contributed by atoms with Crippen LogP contribution < -0.4 is 5.73 Å². The van der Waals surface area contributed by atoms with Crippen molar-refractivity contribution in [3.8, 4) is 5.75 Å². The normalized spacial score (nSPS) is 13.3. The van der Waals surface area contributed by atoms with E-state index in [4.69, 9.17) is 5.73 Å². The summed E-state index contributed by atoms with van der Waals surface area (Å²) in [7, 11) is 0. The van der Waals surface area contributed by atoms with Gasteiger partial charge >= 0.3 is 0 Å². The van der Waals surface area contributed by atoms with Crippen LogP contribution in [-0.2, 0) is 0 Å². The fourth-order valence-corrected chi connectivity index (χ4v) is 1.73. The first-order valence-corrected chi connectivity index (χ1v) is 5.64. The Morgan fingerprint density at radius 1 is 1.29 bits per heavy atom. The van der Waals surface area contributed by atoms with E-state index < -0.39 is 0 Å². The molecular formula is C14H16N2O. The van der Waals surface area contributed by atoms with Gasteiger partial charge in [0.1, 0.15) is 5.75 Å². The van der Waals surface area contributed by atoms with Gasteiger partial charge in [0.25, 0.3) is 0 Å². The summed E-state index contributed by atoms with van der Waals surface area (Å²) < 4.78 is 0. The van der Waals surface area contributed by atoms with Gasteiger partial charge in [-0.2, -0.15) is 0 Å². The third kappa shape index (κ3) is 2.63. The molecule has 2 rings (SSSR count). The van der Waals surface area contributed by atoms with Crippen molar-refractivity contribution in [2.24, 2.45) is 10.7 Å². The molecule has 0 unspecified atom stereocenters. The van der Waals surface area contributed by atoms with Crippen molar-refractivity contribution >= 4 is 17.0 Å². The van der Waals surface area contributed by atoms with Gasteiger partial charge in [-0.15, -0.1) is 0 Å². The molecule has 0 spiro atoms. The fourth-order valence-electron chi connectivity index (χ4n) is 1.73. The van der Waals surface area contributed by atoms with Crippen molar-refractivity contribution < 1.29 is 5.11 Å². The molecule has 0 aromatic heterocycles. The molecule has 17 heavy (non-hydrogen) atoms. The first-order chi connectivity index (χ1) is 8.18. The van der Waals surface area contributed by atoms with Crippen molar-refractivity contribution in [3.63, 3.8) is 0 Å². The molecule has 3 heteroatoms. The maximum absolute atomic E-state index is 9.85. The molecule has 0 aliphatic heterocycles. The van der Waals surface area contributed by atoms with Crippen LogP contribution in [0.15, 0.2) is 41.4 Å². The van der Waals surface area contributed by atoms with Crippen LogP contribution in [-0.4, -0.2) is 23.9 Å². The van der Waals surface area contributed by atoms with Crippen molar-refractivity contribution in [3.05, 3.63) is 42.0 Å². The summed E-state index contributed by atoms with van der Waals surface area (Å²) in [5, 5.41) is 11.9. The maximum atomic E-state index is 9.85. The van der Waals surface area contributed by atoms with Crippen LogP contribution in [0.25, 0.3) is 10.8 Å². The predicted octanol–water partition coefficient (Wildman–Crippen LogP) is 2.31. The van der Waals surface area contributed by atoms with Crippen LogP contribution in [0, 0.1) is 0 Å². The Bertz CT molecular complexity index is 547. The summed E-state index contributed by atoms with van der Waals surface area (Å²) in [6.07, 6.45) is 1.70. The molecule has 0 aliphatic rings. The Balaban J connectivity index is 2.44. The number of nitrogens with two attached hydrogens (primary N) is 1. The average molecular weight is 228 g/mol. The molecule has 0 saturated carbocycles. The lowest BCUT2D eigenvalue weighted by molar-refractivity contribution is 0.475. The summed E-state index contributed by atoms with van der Waals surface area (Å²) in [4.78, 5) is 4.24. The minimum atomic E-state index is 0.0309. The highest BCUT2D eigenvalue weighted by atomic mass is 16.3. The lowest BCUT2D eigenvalue weighted by atomic mass is 10.0. The van der Waals surface area contributed by atoms with Gasteiger partial charge in [0.2, 0.25) is 0 Å². The molecule has 0 radical (unpaired) electrons. The summed E-state index contributed by atoms with van der Waals surface area (Å²) in [6.45, 7) is 2.46. The van der Waals surface area contributed by atoms with E-state index in [-0.39, 0.29) is 11.8 Å². The van der Waals surface area contributed by atoms with Crippen LogP contribution in [0.1, 0.15) is 12.5 Å². The molecule has 0 saturated heterocycles. The Labute approximate surface area is 101 Å². The van der Waals surface area contributed by atoms with Gasteiger partial charge in [-0.25, -0.2) is 0 Å².